The molecule has 3 heterocycles. The predicted octanol–water partition coefficient (Wildman–Crippen LogP) is 3.87. The first-order valence-corrected chi connectivity index (χ1v) is 9.88. The Morgan fingerprint density at radius 1 is 1.00 bits per heavy atom. The monoisotopic (exact) mass is 360 g/mol. The van der Waals surface area contributed by atoms with Crippen molar-refractivity contribution in [1.82, 2.24) is 15.0 Å². The second-order valence-electron chi connectivity index (χ2n) is 7.62. The van der Waals surface area contributed by atoms with E-state index in [1.54, 1.807) is 18.5 Å². The van der Waals surface area contributed by atoms with Gasteiger partial charge in [-0.25, -0.2) is 15.0 Å². The average Bonchev–Trinajstić information content (AvgIpc) is 3.15. The first-order valence-electron chi connectivity index (χ1n) is 9.88. The molecule has 1 aliphatic heterocycles. The molecule has 0 bridgehead atoms. The Labute approximate surface area is 159 Å². The van der Waals surface area contributed by atoms with E-state index in [0.717, 1.165) is 37.3 Å². The minimum absolute atomic E-state index is 0.175. The Morgan fingerprint density at radius 2 is 1.74 bits per heavy atom. The van der Waals surface area contributed by atoms with Crippen molar-refractivity contribution in [1.29, 1.82) is 0 Å². The number of anilines is 1. The summed E-state index contributed by atoms with van der Waals surface area (Å²) in [6, 6.07) is 9.20. The first kappa shape index (κ1) is 16.5. The number of nitrogens with zero attached hydrogens (tertiary/aromatic N) is 4. The van der Waals surface area contributed by atoms with E-state index in [0.29, 0.717) is 6.01 Å². The molecule has 0 amide bonds. The first-order chi connectivity index (χ1) is 13.3. The van der Waals surface area contributed by atoms with Crippen LogP contribution in [0.25, 0.3) is 10.9 Å². The lowest BCUT2D eigenvalue weighted by atomic mass is 10.0. The SMILES string of the molecule is Cc1cc(N2CCC(Oc3ncccn3)CC2)nc2cc3c(cc12)CCC3. The van der Waals surface area contributed by atoms with Crippen molar-refractivity contribution in [3.8, 4) is 6.01 Å². The molecule has 1 aliphatic carbocycles. The van der Waals surface area contributed by atoms with Crippen LogP contribution < -0.4 is 9.64 Å². The summed E-state index contributed by atoms with van der Waals surface area (Å²) in [6.07, 6.45) is 9.21. The Hall–Kier alpha value is -2.69. The van der Waals surface area contributed by atoms with Gasteiger partial charge >= 0.3 is 6.01 Å². The molecule has 0 atom stereocenters. The Balaban J connectivity index is 1.33. The van der Waals surface area contributed by atoms with Crippen LogP contribution in [0.1, 0.15) is 36.0 Å². The third kappa shape index (κ3) is 3.22. The largest absolute Gasteiger partial charge is 0.460 e. The number of ether oxygens (including phenoxy) is 1. The number of pyridine rings is 1. The average molecular weight is 360 g/mol. The molecule has 1 fully saturated rings. The second-order valence-corrected chi connectivity index (χ2v) is 7.62. The number of hydrogen-bond donors (Lipinski definition) is 0. The molecule has 2 aromatic heterocycles. The maximum atomic E-state index is 5.91. The maximum absolute atomic E-state index is 5.91. The molecule has 5 nitrogen and oxygen atoms in total. The molecule has 0 unspecified atom stereocenters. The predicted molar refractivity (Wildman–Crippen MR) is 106 cm³/mol. The van der Waals surface area contributed by atoms with Gasteiger partial charge in [-0.2, -0.15) is 0 Å². The molecule has 3 aromatic rings. The number of rotatable bonds is 3. The highest BCUT2D eigenvalue weighted by Crippen LogP contribution is 2.31. The third-order valence-corrected chi connectivity index (χ3v) is 5.80. The Kier molecular flexibility index (Phi) is 4.15. The summed E-state index contributed by atoms with van der Waals surface area (Å²) in [5.74, 6) is 1.09. The molecule has 2 aliphatic rings. The van der Waals surface area contributed by atoms with E-state index in [-0.39, 0.29) is 6.10 Å². The smallest absolute Gasteiger partial charge is 0.316 e. The number of piperidine rings is 1. The topological polar surface area (TPSA) is 51.1 Å². The van der Waals surface area contributed by atoms with Crippen LogP contribution in [0.4, 0.5) is 5.82 Å². The fraction of sp³-hybridized carbons (Fsp3) is 0.409. The molecular weight excluding hydrogens is 336 g/mol. The van der Waals surface area contributed by atoms with Crippen molar-refractivity contribution in [2.24, 2.45) is 0 Å². The molecule has 1 aromatic carbocycles. The number of benzene rings is 1. The zero-order valence-corrected chi connectivity index (χ0v) is 15.7. The van der Waals surface area contributed by atoms with E-state index >= 15 is 0 Å². The van der Waals surface area contributed by atoms with E-state index in [4.69, 9.17) is 9.72 Å². The van der Waals surface area contributed by atoms with Gasteiger partial charge in [0.2, 0.25) is 0 Å². The summed E-state index contributed by atoms with van der Waals surface area (Å²) in [4.78, 5) is 15.7. The van der Waals surface area contributed by atoms with Gasteiger partial charge in [-0.15, -0.1) is 0 Å². The second kappa shape index (κ2) is 6.80. The van der Waals surface area contributed by atoms with Crippen molar-refractivity contribution < 1.29 is 4.74 Å². The highest BCUT2D eigenvalue weighted by Gasteiger charge is 2.23. The lowest BCUT2D eigenvalue weighted by Gasteiger charge is -2.32. The van der Waals surface area contributed by atoms with Gasteiger partial charge in [0.1, 0.15) is 11.9 Å². The number of aromatic nitrogens is 3. The van der Waals surface area contributed by atoms with Gasteiger partial charge in [0.05, 0.1) is 5.52 Å². The maximum Gasteiger partial charge on any atom is 0.316 e. The van der Waals surface area contributed by atoms with E-state index in [1.807, 2.05) is 0 Å². The van der Waals surface area contributed by atoms with Gasteiger partial charge in [-0.3, -0.25) is 0 Å². The molecule has 27 heavy (non-hydrogen) atoms. The summed E-state index contributed by atoms with van der Waals surface area (Å²) in [7, 11) is 0. The zero-order valence-electron chi connectivity index (χ0n) is 15.7. The number of hydrogen-bond acceptors (Lipinski definition) is 5. The van der Waals surface area contributed by atoms with E-state index in [1.165, 1.54) is 41.3 Å². The molecule has 0 spiro atoms. The molecular formula is C22H24N4O. The highest BCUT2D eigenvalue weighted by atomic mass is 16.5. The normalized spacial score (nSPS) is 17.3. The van der Waals surface area contributed by atoms with E-state index < -0.39 is 0 Å². The molecule has 5 rings (SSSR count). The van der Waals surface area contributed by atoms with Crippen LogP contribution in [0.3, 0.4) is 0 Å². The van der Waals surface area contributed by atoms with Crippen LogP contribution in [0.5, 0.6) is 6.01 Å². The van der Waals surface area contributed by atoms with Crippen molar-refractivity contribution in [2.75, 3.05) is 18.0 Å². The molecule has 0 radical (unpaired) electrons. The van der Waals surface area contributed by atoms with Gasteiger partial charge in [-0.1, -0.05) is 0 Å². The zero-order chi connectivity index (χ0) is 18.2. The Bertz CT molecular complexity index is 965. The van der Waals surface area contributed by atoms with Gasteiger partial charge < -0.3 is 9.64 Å². The van der Waals surface area contributed by atoms with Crippen molar-refractivity contribution in [2.45, 2.75) is 45.1 Å². The number of fused-ring (bicyclic) bond motifs is 2. The molecule has 138 valence electrons. The van der Waals surface area contributed by atoms with Crippen LogP contribution in [-0.4, -0.2) is 34.1 Å². The molecule has 5 heteroatoms. The molecule has 0 saturated carbocycles. The van der Waals surface area contributed by atoms with Crippen molar-refractivity contribution in [3.63, 3.8) is 0 Å². The third-order valence-electron chi connectivity index (χ3n) is 5.80. The number of aryl methyl sites for hydroxylation is 3. The lowest BCUT2D eigenvalue weighted by Crippen LogP contribution is -2.39. The van der Waals surface area contributed by atoms with E-state index in [2.05, 4.69) is 40.0 Å². The summed E-state index contributed by atoms with van der Waals surface area (Å²) in [5.41, 5.74) is 5.46. The van der Waals surface area contributed by atoms with Gasteiger partial charge in [0.25, 0.3) is 0 Å². The summed E-state index contributed by atoms with van der Waals surface area (Å²) < 4.78 is 5.91. The van der Waals surface area contributed by atoms with Crippen LogP contribution in [0, 0.1) is 6.92 Å². The van der Waals surface area contributed by atoms with E-state index in [9.17, 15) is 0 Å². The fourth-order valence-corrected chi connectivity index (χ4v) is 4.31. The van der Waals surface area contributed by atoms with Crippen molar-refractivity contribution in [3.05, 3.63) is 53.3 Å². The van der Waals surface area contributed by atoms with Gasteiger partial charge in [0.15, 0.2) is 0 Å². The Morgan fingerprint density at radius 3 is 2.52 bits per heavy atom. The van der Waals surface area contributed by atoms with Crippen LogP contribution in [0.15, 0.2) is 36.7 Å². The lowest BCUT2D eigenvalue weighted by molar-refractivity contribution is 0.156. The summed E-state index contributed by atoms with van der Waals surface area (Å²) in [6.45, 7) is 4.10. The van der Waals surface area contributed by atoms with Crippen LogP contribution in [-0.2, 0) is 12.8 Å². The molecule has 1 saturated heterocycles. The van der Waals surface area contributed by atoms with Crippen molar-refractivity contribution >= 4 is 16.7 Å². The highest BCUT2D eigenvalue weighted by molar-refractivity contribution is 5.85. The van der Waals surface area contributed by atoms with Crippen LogP contribution >= 0.6 is 0 Å². The summed E-state index contributed by atoms with van der Waals surface area (Å²) in [5, 5.41) is 1.30. The standard InChI is InChI=1S/C22H24N4O/c1-15-12-21(25-20-14-17-5-2-4-16(17)13-19(15)20)26-10-6-18(7-11-26)27-22-23-8-3-9-24-22/h3,8-9,12-14,18H,2,4-7,10-11H2,1H3. The van der Waals surface area contributed by atoms with Gasteiger partial charge in [0, 0.05) is 43.7 Å². The molecule has 0 N–H and O–H groups in total. The summed E-state index contributed by atoms with van der Waals surface area (Å²) >= 11 is 0. The quantitative estimate of drug-likeness (QED) is 0.710. The fourth-order valence-electron chi connectivity index (χ4n) is 4.31. The van der Waals surface area contributed by atoms with Crippen LogP contribution in [0.2, 0.25) is 0 Å². The minimum atomic E-state index is 0.175. The van der Waals surface area contributed by atoms with Gasteiger partial charge in [-0.05, 0) is 67.1 Å². The minimum Gasteiger partial charge on any atom is -0.460 e.